The highest BCUT2D eigenvalue weighted by molar-refractivity contribution is 6.04. The van der Waals surface area contributed by atoms with Crippen LogP contribution < -0.4 is 4.90 Å². The minimum atomic E-state index is 0.153. The first-order valence-corrected chi connectivity index (χ1v) is 7.88. The lowest BCUT2D eigenvalue weighted by Gasteiger charge is -2.29. The van der Waals surface area contributed by atoms with Crippen LogP contribution >= 0.6 is 0 Å². The van der Waals surface area contributed by atoms with Gasteiger partial charge < -0.3 is 9.64 Å². The van der Waals surface area contributed by atoms with E-state index in [1.54, 1.807) is 0 Å². The Labute approximate surface area is 131 Å². The van der Waals surface area contributed by atoms with Crippen molar-refractivity contribution in [3.63, 3.8) is 0 Å². The molecule has 116 valence electrons. The van der Waals surface area contributed by atoms with E-state index in [-0.39, 0.29) is 5.91 Å². The minimum absolute atomic E-state index is 0.153. The van der Waals surface area contributed by atoms with Crippen LogP contribution in [-0.4, -0.2) is 50.2 Å². The van der Waals surface area contributed by atoms with Gasteiger partial charge >= 0.3 is 0 Å². The number of benzene rings is 2. The Hall–Kier alpha value is -1.91. The van der Waals surface area contributed by atoms with Gasteiger partial charge in [-0.15, -0.1) is 0 Å². The molecule has 1 amide bonds. The molecular weight excluding hydrogens is 276 g/mol. The molecule has 0 spiro atoms. The summed E-state index contributed by atoms with van der Waals surface area (Å²) >= 11 is 0. The lowest BCUT2D eigenvalue weighted by molar-refractivity contribution is -0.120. The van der Waals surface area contributed by atoms with Gasteiger partial charge in [-0.1, -0.05) is 36.4 Å². The normalized spacial score (nSPS) is 15.9. The summed E-state index contributed by atoms with van der Waals surface area (Å²) in [6.07, 6.45) is 0. The quantitative estimate of drug-likeness (QED) is 0.869. The summed E-state index contributed by atoms with van der Waals surface area (Å²) in [5, 5.41) is 2.29. The van der Waals surface area contributed by atoms with Gasteiger partial charge in [0.2, 0.25) is 5.91 Å². The molecule has 0 atom stereocenters. The molecule has 0 aromatic heterocycles. The van der Waals surface area contributed by atoms with Crippen LogP contribution in [0, 0.1) is 0 Å². The van der Waals surface area contributed by atoms with Crippen molar-refractivity contribution >= 4 is 22.4 Å². The largest absolute Gasteiger partial charge is 0.379 e. The van der Waals surface area contributed by atoms with Crippen molar-refractivity contribution in [2.24, 2.45) is 0 Å². The molecule has 0 aliphatic carbocycles. The molecule has 0 saturated carbocycles. The molecule has 0 bridgehead atoms. The predicted molar refractivity (Wildman–Crippen MR) is 89.2 cm³/mol. The SMILES string of the molecule is CCN(C(=O)CN1CCOCC1)c1cccc2ccccc12. The van der Waals surface area contributed by atoms with Gasteiger partial charge in [-0.2, -0.15) is 0 Å². The highest BCUT2D eigenvalue weighted by Gasteiger charge is 2.20. The second-order valence-corrected chi connectivity index (χ2v) is 5.52. The Morgan fingerprint density at radius 3 is 2.64 bits per heavy atom. The lowest BCUT2D eigenvalue weighted by Crippen LogP contribution is -2.45. The number of carbonyl (C=O) groups excluding carboxylic acids is 1. The maximum atomic E-state index is 12.7. The number of amides is 1. The molecule has 4 nitrogen and oxygen atoms in total. The van der Waals surface area contributed by atoms with Crippen molar-refractivity contribution in [3.8, 4) is 0 Å². The third kappa shape index (κ3) is 3.13. The van der Waals surface area contributed by atoms with E-state index in [4.69, 9.17) is 4.74 Å². The van der Waals surface area contributed by atoms with E-state index in [0.717, 1.165) is 29.5 Å². The number of nitrogens with zero attached hydrogens (tertiary/aromatic N) is 2. The van der Waals surface area contributed by atoms with Gasteiger partial charge in [0.05, 0.1) is 25.4 Å². The van der Waals surface area contributed by atoms with Crippen LogP contribution in [0.5, 0.6) is 0 Å². The smallest absolute Gasteiger partial charge is 0.241 e. The van der Waals surface area contributed by atoms with Crippen LogP contribution in [0.15, 0.2) is 42.5 Å². The van der Waals surface area contributed by atoms with E-state index in [9.17, 15) is 4.79 Å². The van der Waals surface area contributed by atoms with Gasteiger partial charge in [-0.05, 0) is 18.4 Å². The Balaban J connectivity index is 1.84. The summed E-state index contributed by atoms with van der Waals surface area (Å²) in [7, 11) is 0. The second-order valence-electron chi connectivity index (χ2n) is 5.52. The maximum absolute atomic E-state index is 12.7. The molecule has 1 aliphatic heterocycles. The van der Waals surface area contributed by atoms with E-state index >= 15 is 0 Å². The maximum Gasteiger partial charge on any atom is 0.241 e. The molecule has 1 fully saturated rings. The van der Waals surface area contributed by atoms with Gasteiger partial charge in [-0.25, -0.2) is 0 Å². The minimum Gasteiger partial charge on any atom is -0.379 e. The number of ether oxygens (including phenoxy) is 1. The molecule has 1 heterocycles. The van der Waals surface area contributed by atoms with Crippen LogP contribution in [0.3, 0.4) is 0 Å². The van der Waals surface area contributed by atoms with E-state index in [1.807, 2.05) is 36.1 Å². The van der Waals surface area contributed by atoms with Crippen LogP contribution in [-0.2, 0) is 9.53 Å². The molecule has 1 aliphatic rings. The number of hydrogen-bond donors (Lipinski definition) is 0. The first-order chi connectivity index (χ1) is 10.8. The van der Waals surface area contributed by atoms with Crippen molar-refractivity contribution in [2.45, 2.75) is 6.92 Å². The van der Waals surface area contributed by atoms with Gasteiger partial charge in [0.15, 0.2) is 0 Å². The van der Waals surface area contributed by atoms with E-state index in [1.165, 1.54) is 0 Å². The molecule has 4 heteroatoms. The number of morpholine rings is 1. The Kier molecular flexibility index (Phi) is 4.71. The summed E-state index contributed by atoms with van der Waals surface area (Å²) in [5.41, 5.74) is 0.999. The number of likely N-dealkylation sites (N-methyl/N-ethyl adjacent to an activating group) is 1. The zero-order chi connectivity index (χ0) is 15.4. The topological polar surface area (TPSA) is 32.8 Å². The summed E-state index contributed by atoms with van der Waals surface area (Å²) in [6.45, 7) is 6.26. The van der Waals surface area contributed by atoms with Crippen LogP contribution in [0.1, 0.15) is 6.92 Å². The van der Waals surface area contributed by atoms with E-state index in [2.05, 4.69) is 23.1 Å². The zero-order valence-corrected chi connectivity index (χ0v) is 13.0. The average molecular weight is 298 g/mol. The van der Waals surface area contributed by atoms with Crippen LogP contribution in [0.4, 0.5) is 5.69 Å². The van der Waals surface area contributed by atoms with Crippen molar-refractivity contribution < 1.29 is 9.53 Å². The lowest BCUT2D eigenvalue weighted by atomic mass is 10.1. The first-order valence-electron chi connectivity index (χ1n) is 7.88. The Bertz CT molecular complexity index is 645. The van der Waals surface area contributed by atoms with Crippen molar-refractivity contribution in [3.05, 3.63) is 42.5 Å². The van der Waals surface area contributed by atoms with Crippen LogP contribution in [0.2, 0.25) is 0 Å². The molecule has 3 rings (SSSR count). The van der Waals surface area contributed by atoms with Crippen molar-refractivity contribution in [1.29, 1.82) is 0 Å². The average Bonchev–Trinajstić information content (AvgIpc) is 2.57. The number of rotatable bonds is 4. The molecular formula is C18H22N2O2. The fourth-order valence-electron chi connectivity index (χ4n) is 2.96. The number of anilines is 1. The fourth-order valence-corrected chi connectivity index (χ4v) is 2.96. The monoisotopic (exact) mass is 298 g/mol. The Morgan fingerprint density at radius 2 is 1.86 bits per heavy atom. The molecule has 0 unspecified atom stereocenters. The van der Waals surface area contributed by atoms with Gasteiger partial charge in [0.25, 0.3) is 0 Å². The standard InChI is InChI=1S/C18H22N2O2/c1-2-20(18(21)14-19-10-12-22-13-11-19)17-9-5-7-15-6-3-4-8-16(15)17/h3-9H,2,10-14H2,1H3. The van der Waals surface area contributed by atoms with Gasteiger partial charge in [-0.3, -0.25) is 9.69 Å². The second kappa shape index (κ2) is 6.90. The van der Waals surface area contributed by atoms with Crippen molar-refractivity contribution in [1.82, 2.24) is 4.90 Å². The third-order valence-corrected chi connectivity index (χ3v) is 4.14. The summed E-state index contributed by atoms with van der Waals surface area (Å²) in [4.78, 5) is 16.8. The first kappa shape index (κ1) is 15.0. The highest BCUT2D eigenvalue weighted by Crippen LogP contribution is 2.26. The van der Waals surface area contributed by atoms with E-state index < -0.39 is 0 Å². The van der Waals surface area contributed by atoms with Crippen molar-refractivity contribution in [2.75, 3.05) is 44.3 Å². The summed E-state index contributed by atoms with van der Waals surface area (Å²) in [5.74, 6) is 0.153. The molecule has 0 radical (unpaired) electrons. The predicted octanol–water partition coefficient (Wildman–Crippen LogP) is 2.52. The zero-order valence-electron chi connectivity index (χ0n) is 13.0. The van der Waals surface area contributed by atoms with Crippen LogP contribution in [0.25, 0.3) is 10.8 Å². The summed E-state index contributed by atoms with van der Waals surface area (Å²) in [6, 6.07) is 14.3. The third-order valence-electron chi connectivity index (χ3n) is 4.14. The molecule has 2 aromatic carbocycles. The van der Waals surface area contributed by atoms with Gasteiger partial charge in [0, 0.05) is 25.0 Å². The number of fused-ring (bicyclic) bond motifs is 1. The summed E-state index contributed by atoms with van der Waals surface area (Å²) < 4.78 is 5.34. The number of carbonyl (C=O) groups is 1. The molecule has 22 heavy (non-hydrogen) atoms. The highest BCUT2D eigenvalue weighted by atomic mass is 16.5. The molecule has 2 aromatic rings. The number of hydrogen-bond acceptors (Lipinski definition) is 3. The molecule has 0 N–H and O–H groups in total. The molecule has 1 saturated heterocycles. The van der Waals surface area contributed by atoms with Gasteiger partial charge in [0.1, 0.15) is 0 Å². The Morgan fingerprint density at radius 1 is 1.14 bits per heavy atom. The fraction of sp³-hybridized carbons (Fsp3) is 0.389. The van der Waals surface area contributed by atoms with E-state index in [0.29, 0.717) is 26.3 Å².